The van der Waals surface area contributed by atoms with Gasteiger partial charge in [-0.05, 0) is 120 Å². The van der Waals surface area contributed by atoms with Crippen molar-refractivity contribution in [3.05, 3.63) is 368 Å². The van der Waals surface area contributed by atoms with Crippen LogP contribution >= 0.6 is 0 Å². The summed E-state index contributed by atoms with van der Waals surface area (Å²) in [5.41, 5.74) is 23.1. The van der Waals surface area contributed by atoms with E-state index in [4.69, 9.17) is 19.9 Å². The molecule has 5 heterocycles. The summed E-state index contributed by atoms with van der Waals surface area (Å²) < 4.78 is 2.20. The molecule has 0 atom stereocenters. The predicted octanol–water partition coefficient (Wildman–Crippen LogP) is 25.2. The van der Waals surface area contributed by atoms with Crippen molar-refractivity contribution in [3.8, 4) is 95.9 Å². The largest absolute Gasteiger partial charge is 0.512 e. The molecular weight excluding hydrogens is 1700 g/mol. The molecule has 0 saturated heterocycles. The second kappa shape index (κ2) is 40.0. The van der Waals surface area contributed by atoms with E-state index in [0.29, 0.717) is 17.6 Å². The zero-order chi connectivity index (χ0) is 75.1. The van der Waals surface area contributed by atoms with Crippen molar-refractivity contribution in [2.75, 3.05) is 0 Å². The van der Waals surface area contributed by atoms with E-state index < -0.39 is 0 Å². The number of allylic oxidation sites excluding steroid dienone is 2. The number of fused-ring (bicyclic) bond motifs is 4. The first kappa shape index (κ1) is 81.0. The van der Waals surface area contributed by atoms with Crippen LogP contribution in [0.1, 0.15) is 75.6 Å². The van der Waals surface area contributed by atoms with Crippen LogP contribution < -0.4 is 0 Å². The third-order valence-electron chi connectivity index (χ3n) is 19.1. The van der Waals surface area contributed by atoms with Crippen molar-refractivity contribution in [2.45, 2.75) is 81.1 Å². The molecule has 5 aromatic heterocycles. The molecule has 0 aliphatic rings. The summed E-state index contributed by atoms with van der Waals surface area (Å²) in [6.45, 7) is 16.6. The van der Waals surface area contributed by atoms with Gasteiger partial charge < -0.3 is 15.1 Å². The van der Waals surface area contributed by atoms with Crippen LogP contribution in [0.2, 0.25) is 0 Å². The van der Waals surface area contributed by atoms with Crippen molar-refractivity contribution in [1.29, 1.82) is 0 Å². The van der Waals surface area contributed by atoms with Crippen LogP contribution in [0.3, 0.4) is 0 Å². The van der Waals surface area contributed by atoms with Gasteiger partial charge in [-0.3, -0.25) is 14.3 Å². The standard InChI is InChI=1S/C39H26N4.C19H18N.C17H12N.C13H24O2.C11H8N.2Ir/c1-4-13-27(14-5-1)28-23-25-29(26-24-28)32-20-12-21-34-33-19-10-11-22-35(33)43(36(32)34)39-41-37(30-15-6-2-7-16-30)40-38(42-39)31-17-8-3-9-18-31;1-12-8-13(2)10-16(9-12)18-11-15(4)19-14(3)6-5-7-17(19)20-18;1-3-7-14(8-4-1)16-11-12-18-17(13-16)15-9-5-2-6-10-15;1-5-10(6-2)12(14)9-13(15)11(7-3)8-4;1-2-6-10(7-3-1)11-8-4-5-9-12-11;;/h1-26H;5-9,11H,1-4H3;1-9,11-13H;9-11,14H,5-8H2,1-4H3;1-6,8-9H;;/q;2*-1;;-1;;. The van der Waals surface area contributed by atoms with Gasteiger partial charge in [0.2, 0.25) is 5.95 Å². The molecule has 16 rings (SSSR count). The Bertz CT molecular complexity index is 5460. The minimum atomic E-state index is 0. The monoisotopic (exact) mass is 1790 g/mol. The number of ketones is 1. The number of carbonyl (C=O) groups excluding carboxylic acids is 1. The Morgan fingerprint density at radius 3 is 1.51 bits per heavy atom. The van der Waals surface area contributed by atoms with E-state index in [-0.39, 0.29) is 63.6 Å². The number of rotatable bonds is 16. The zero-order valence-electron chi connectivity index (χ0n) is 63.2. The Hall–Kier alpha value is -11.6. The van der Waals surface area contributed by atoms with Crippen LogP contribution in [-0.4, -0.2) is 45.4 Å². The van der Waals surface area contributed by atoms with Crippen molar-refractivity contribution in [3.63, 3.8) is 0 Å². The summed E-state index contributed by atoms with van der Waals surface area (Å²) in [5.74, 6) is 2.42. The molecule has 0 bridgehead atoms. The molecule has 552 valence electrons. The van der Waals surface area contributed by atoms with E-state index in [1.807, 2.05) is 192 Å². The second-order valence-corrected chi connectivity index (χ2v) is 26.6. The number of hydrogen-bond acceptors (Lipinski definition) is 8. The predicted molar refractivity (Wildman–Crippen MR) is 447 cm³/mol. The summed E-state index contributed by atoms with van der Waals surface area (Å²) in [6, 6.07) is 113. The zero-order valence-corrected chi connectivity index (χ0v) is 68.0. The van der Waals surface area contributed by atoms with Crippen molar-refractivity contribution < 1.29 is 50.1 Å². The van der Waals surface area contributed by atoms with E-state index in [9.17, 15) is 9.90 Å². The van der Waals surface area contributed by atoms with Gasteiger partial charge in [-0.15, -0.1) is 107 Å². The van der Waals surface area contributed by atoms with Gasteiger partial charge in [0.25, 0.3) is 0 Å². The Balaban J connectivity index is 0.000000161. The Morgan fingerprint density at radius 2 is 0.936 bits per heavy atom. The molecule has 16 aromatic rings. The van der Waals surface area contributed by atoms with Crippen LogP contribution in [0.25, 0.3) is 129 Å². The van der Waals surface area contributed by atoms with Gasteiger partial charge in [-0.25, -0.2) is 4.98 Å². The average Bonchev–Trinajstić information content (AvgIpc) is 1.57. The first-order valence-electron chi connectivity index (χ1n) is 37.1. The van der Waals surface area contributed by atoms with Gasteiger partial charge in [0.15, 0.2) is 17.4 Å². The maximum atomic E-state index is 11.7. The number of carbonyl (C=O) groups is 1. The second-order valence-electron chi connectivity index (χ2n) is 26.6. The first-order chi connectivity index (χ1) is 52.9. The molecule has 110 heavy (non-hydrogen) atoms. The van der Waals surface area contributed by atoms with Gasteiger partial charge in [0.05, 0.1) is 22.3 Å². The molecular formula is C99H88Ir2N7O2-3. The number of aryl methyl sites for hydroxylation is 4. The fraction of sp³-hybridized carbons (Fsp3) is 0.141. The molecule has 0 aliphatic carbocycles. The summed E-state index contributed by atoms with van der Waals surface area (Å²) in [4.78, 5) is 40.3. The molecule has 0 fully saturated rings. The summed E-state index contributed by atoms with van der Waals surface area (Å²) >= 11 is 0. The average molecular weight is 1790 g/mol. The number of nitrogens with zero attached hydrogens (tertiary/aromatic N) is 7. The van der Waals surface area contributed by atoms with E-state index in [1.54, 1.807) is 6.20 Å². The van der Waals surface area contributed by atoms with Crippen LogP contribution in [-0.2, 0) is 45.0 Å². The normalized spacial score (nSPS) is 10.8. The number of para-hydroxylation sites is 2. The van der Waals surface area contributed by atoms with Crippen molar-refractivity contribution in [2.24, 2.45) is 11.8 Å². The number of pyridine rings is 3. The van der Waals surface area contributed by atoms with Gasteiger partial charge >= 0.3 is 0 Å². The smallest absolute Gasteiger partial charge is 0.238 e. The molecule has 11 heteroatoms. The van der Waals surface area contributed by atoms with E-state index >= 15 is 0 Å². The molecule has 0 amide bonds. The van der Waals surface area contributed by atoms with Gasteiger partial charge in [0, 0.05) is 103 Å². The maximum Gasteiger partial charge on any atom is 0.238 e. The number of benzene rings is 11. The molecule has 1 N–H and O–H groups in total. The van der Waals surface area contributed by atoms with Gasteiger partial charge in [-0.1, -0.05) is 260 Å². The molecule has 9 nitrogen and oxygen atoms in total. The Morgan fingerprint density at radius 1 is 0.418 bits per heavy atom. The summed E-state index contributed by atoms with van der Waals surface area (Å²) in [6.07, 6.45) is 8.54. The number of hydrogen-bond donors (Lipinski definition) is 1. The van der Waals surface area contributed by atoms with E-state index in [0.717, 1.165) is 115 Å². The minimum absolute atomic E-state index is 0. The SMILES string of the molecule is CCC(CC)C(=O)C=C(O)C(CC)CC.Cc1[c-]c(-c2cc(C)c3c(C)cccc3n2)cc(C)c1.[Ir].[Ir].[c-]1ccccc1-c1cc(-c2ccccc2)ccn1.[c-]1ccccc1-c1ccccn1.c1ccc(-c2ccc(-c3cccc4c5ccccc5n(-c5nc(-c6ccccc6)nc(-c6ccccc6)n5)c34)cc2)cc1. The maximum absolute atomic E-state index is 11.7. The summed E-state index contributed by atoms with van der Waals surface area (Å²) in [7, 11) is 0. The fourth-order valence-corrected chi connectivity index (χ4v) is 13.5. The Labute approximate surface area is 674 Å². The number of aliphatic hydroxyl groups is 1. The van der Waals surface area contributed by atoms with Crippen LogP contribution in [0.4, 0.5) is 0 Å². The minimum Gasteiger partial charge on any atom is -0.512 e. The van der Waals surface area contributed by atoms with Crippen molar-refractivity contribution >= 4 is 38.5 Å². The van der Waals surface area contributed by atoms with Crippen molar-refractivity contribution in [1.82, 2.24) is 34.5 Å². The molecule has 0 aliphatic heterocycles. The van der Waals surface area contributed by atoms with Gasteiger partial charge in [0.1, 0.15) is 0 Å². The summed E-state index contributed by atoms with van der Waals surface area (Å²) in [5, 5.41) is 13.3. The van der Waals surface area contributed by atoms with Crippen LogP contribution in [0.5, 0.6) is 0 Å². The molecule has 0 saturated carbocycles. The van der Waals surface area contributed by atoms with Crippen LogP contribution in [0, 0.1) is 57.7 Å². The third kappa shape index (κ3) is 20.4. The Kier molecular flexibility index (Phi) is 29.5. The number of aromatic nitrogens is 7. The molecule has 2 radical (unpaired) electrons. The third-order valence-corrected chi connectivity index (χ3v) is 19.1. The first-order valence-corrected chi connectivity index (χ1v) is 37.1. The number of aliphatic hydroxyl groups excluding tert-OH is 1. The van der Waals surface area contributed by atoms with E-state index in [2.05, 4.69) is 206 Å². The topological polar surface area (TPSA) is 120 Å². The van der Waals surface area contributed by atoms with Gasteiger partial charge in [-0.2, -0.15) is 9.97 Å². The molecule has 0 unspecified atom stereocenters. The fourth-order valence-electron chi connectivity index (χ4n) is 13.5. The quantitative estimate of drug-likeness (QED) is 0.0577. The van der Waals surface area contributed by atoms with E-state index in [1.165, 1.54) is 50.4 Å². The molecule has 11 aromatic carbocycles. The molecule has 0 spiro atoms. The van der Waals surface area contributed by atoms with Crippen LogP contribution in [0.15, 0.2) is 328 Å².